The van der Waals surface area contributed by atoms with E-state index in [9.17, 15) is 5.11 Å². The normalized spacial score (nSPS) is 33.7. The van der Waals surface area contributed by atoms with Crippen molar-refractivity contribution < 1.29 is 5.11 Å². The van der Waals surface area contributed by atoms with Crippen LogP contribution in [0.15, 0.2) is 30.6 Å². The van der Waals surface area contributed by atoms with Crippen LogP contribution >= 0.6 is 11.8 Å². The van der Waals surface area contributed by atoms with E-state index in [1.807, 2.05) is 18.2 Å². The van der Waals surface area contributed by atoms with Gasteiger partial charge >= 0.3 is 0 Å². The number of benzene rings is 1. The van der Waals surface area contributed by atoms with Crippen molar-refractivity contribution in [3.05, 3.63) is 36.2 Å². The van der Waals surface area contributed by atoms with E-state index >= 15 is 0 Å². The molecule has 2 aliphatic rings. The van der Waals surface area contributed by atoms with Gasteiger partial charge in [-0.3, -0.25) is 9.97 Å². The molecule has 0 saturated carbocycles. The number of aromatic nitrogens is 2. The van der Waals surface area contributed by atoms with E-state index in [1.165, 1.54) is 12.8 Å². The van der Waals surface area contributed by atoms with Crippen molar-refractivity contribution in [2.24, 2.45) is 0 Å². The Morgan fingerprint density at radius 2 is 1.74 bits per heavy atom. The molecule has 0 radical (unpaired) electrons. The van der Waals surface area contributed by atoms with Crippen molar-refractivity contribution in [2.75, 3.05) is 0 Å². The first-order valence-corrected chi connectivity index (χ1v) is 7.76. The van der Waals surface area contributed by atoms with Crippen LogP contribution in [-0.4, -0.2) is 25.6 Å². The summed E-state index contributed by atoms with van der Waals surface area (Å²) in [4.78, 5) is 8.63. The molecule has 1 aromatic carbocycles. The minimum Gasteiger partial charge on any atom is -0.385 e. The summed E-state index contributed by atoms with van der Waals surface area (Å²) >= 11 is 2.06. The van der Waals surface area contributed by atoms with Gasteiger partial charge in [0.25, 0.3) is 0 Å². The molecule has 2 atom stereocenters. The number of rotatable bonds is 1. The van der Waals surface area contributed by atoms with E-state index < -0.39 is 5.60 Å². The molecular weight excluding hydrogens is 256 g/mol. The predicted molar refractivity (Wildman–Crippen MR) is 77.1 cm³/mol. The van der Waals surface area contributed by atoms with E-state index in [1.54, 1.807) is 12.4 Å². The lowest BCUT2D eigenvalue weighted by Crippen LogP contribution is -2.34. The van der Waals surface area contributed by atoms with Crippen LogP contribution in [-0.2, 0) is 5.60 Å². The molecule has 2 aliphatic heterocycles. The minimum atomic E-state index is -0.664. The number of nitrogens with zero attached hydrogens (tertiary/aromatic N) is 2. The molecule has 2 unspecified atom stereocenters. The highest BCUT2D eigenvalue weighted by Gasteiger charge is 2.44. The first-order valence-electron chi connectivity index (χ1n) is 6.82. The first kappa shape index (κ1) is 11.7. The van der Waals surface area contributed by atoms with Gasteiger partial charge in [-0.15, -0.1) is 0 Å². The van der Waals surface area contributed by atoms with E-state index in [2.05, 4.69) is 21.7 Å². The minimum absolute atomic E-state index is 0.626. The predicted octanol–water partition coefficient (Wildman–Crippen LogP) is 2.88. The summed E-state index contributed by atoms with van der Waals surface area (Å²) in [6.45, 7) is 0. The molecule has 0 amide bonds. The first-order chi connectivity index (χ1) is 9.23. The summed E-state index contributed by atoms with van der Waals surface area (Å²) in [5, 5.41) is 12.3. The number of aliphatic hydroxyl groups is 1. The average molecular weight is 272 g/mol. The van der Waals surface area contributed by atoms with Gasteiger partial charge in [-0.1, -0.05) is 6.07 Å². The number of hydrogen-bond donors (Lipinski definition) is 1. The van der Waals surface area contributed by atoms with Gasteiger partial charge in [0.15, 0.2) is 0 Å². The molecule has 1 aromatic heterocycles. The van der Waals surface area contributed by atoms with Crippen LogP contribution in [0.25, 0.3) is 11.0 Å². The van der Waals surface area contributed by atoms with Crippen LogP contribution in [0.3, 0.4) is 0 Å². The van der Waals surface area contributed by atoms with Gasteiger partial charge in [0.05, 0.1) is 16.6 Å². The fourth-order valence-corrected chi connectivity index (χ4v) is 5.24. The zero-order chi connectivity index (χ0) is 12.9. The highest BCUT2D eigenvalue weighted by molar-refractivity contribution is 8.00. The smallest absolute Gasteiger partial charge is 0.0918 e. The zero-order valence-electron chi connectivity index (χ0n) is 10.6. The summed E-state index contributed by atoms with van der Waals surface area (Å²) in [5.74, 6) is 0. The van der Waals surface area contributed by atoms with Crippen molar-refractivity contribution in [1.29, 1.82) is 0 Å². The lowest BCUT2D eigenvalue weighted by molar-refractivity contribution is 0.0197. The maximum absolute atomic E-state index is 11.0. The molecular formula is C15H16N2OS. The summed E-state index contributed by atoms with van der Waals surface area (Å²) in [6.07, 6.45) is 7.67. The van der Waals surface area contributed by atoms with Crippen LogP contribution in [0.5, 0.6) is 0 Å². The van der Waals surface area contributed by atoms with Gasteiger partial charge in [-0.05, 0) is 43.4 Å². The summed E-state index contributed by atoms with van der Waals surface area (Å²) in [7, 11) is 0. The Morgan fingerprint density at radius 3 is 2.47 bits per heavy atom. The summed E-state index contributed by atoms with van der Waals surface area (Å²) in [5.41, 5.74) is 2.11. The van der Waals surface area contributed by atoms with Crippen LogP contribution in [0.1, 0.15) is 31.2 Å². The van der Waals surface area contributed by atoms with Crippen molar-refractivity contribution in [2.45, 2.75) is 41.8 Å². The third-order valence-electron chi connectivity index (χ3n) is 4.33. The van der Waals surface area contributed by atoms with Gasteiger partial charge < -0.3 is 5.11 Å². The monoisotopic (exact) mass is 272 g/mol. The van der Waals surface area contributed by atoms with E-state index in [4.69, 9.17) is 0 Å². The van der Waals surface area contributed by atoms with Gasteiger partial charge in [0, 0.05) is 22.9 Å². The Balaban J connectivity index is 1.76. The standard InChI is InChI=1S/C15H16N2OS/c18-15(8-11-2-3-12(9-15)19-11)10-1-4-13-14(7-10)17-6-5-16-13/h1,4-7,11-12,18H,2-3,8-9H2. The van der Waals surface area contributed by atoms with Crippen molar-refractivity contribution in [3.8, 4) is 0 Å². The maximum atomic E-state index is 11.0. The highest BCUT2D eigenvalue weighted by Crippen LogP contribution is 2.51. The molecule has 2 bridgehead atoms. The largest absolute Gasteiger partial charge is 0.385 e. The molecule has 4 rings (SSSR count). The van der Waals surface area contributed by atoms with Gasteiger partial charge in [0.2, 0.25) is 0 Å². The molecule has 0 spiro atoms. The van der Waals surface area contributed by atoms with E-state index in [-0.39, 0.29) is 0 Å². The number of fused-ring (bicyclic) bond motifs is 3. The van der Waals surface area contributed by atoms with Gasteiger partial charge in [-0.2, -0.15) is 11.8 Å². The summed E-state index contributed by atoms with van der Waals surface area (Å²) < 4.78 is 0. The fraction of sp³-hybridized carbons (Fsp3) is 0.467. The van der Waals surface area contributed by atoms with Crippen molar-refractivity contribution in [1.82, 2.24) is 9.97 Å². The number of hydrogen-bond acceptors (Lipinski definition) is 4. The molecule has 19 heavy (non-hydrogen) atoms. The maximum Gasteiger partial charge on any atom is 0.0918 e. The van der Waals surface area contributed by atoms with Crippen LogP contribution < -0.4 is 0 Å². The second-order valence-electron chi connectivity index (χ2n) is 5.66. The average Bonchev–Trinajstić information content (AvgIpc) is 2.78. The third kappa shape index (κ3) is 1.94. The molecule has 1 N–H and O–H groups in total. The Hall–Kier alpha value is -1.13. The molecule has 3 heterocycles. The molecule has 98 valence electrons. The molecule has 2 fully saturated rings. The van der Waals surface area contributed by atoms with E-state index in [0.29, 0.717) is 10.5 Å². The summed E-state index contributed by atoms with van der Waals surface area (Å²) in [6, 6.07) is 6.00. The molecule has 0 aliphatic carbocycles. The molecule has 4 heteroatoms. The highest BCUT2D eigenvalue weighted by atomic mass is 32.2. The SMILES string of the molecule is OC1(c2ccc3nccnc3c2)CC2CCC(C1)S2. The Labute approximate surface area is 116 Å². The Bertz CT molecular complexity index is 618. The van der Waals surface area contributed by atoms with Crippen LogP contribution in [0.4, 0.5) is 0 Å². The topological polar surface area (TPSA) is 46.0 Å². The van der Waals surface area contributed by atoms with Crippen LogP contribution in [0.2, 0.25) is 0 Å². The second kappa shape index (κ2) is 4.18. The van der Waals surface area contributed by atoms with Gasteiger partial charge in [0.1, 0.15) is 0 Å². The van der Waals surface area contributed by atoms with Gasteiger partial charge in [-0.25, -0.2) is 0 Å². The van der Waals surface area contributed by atoms with Crippen molar-refractivity contribution in [3.63, 3.8) is 0 Å². The Kier molecular flexibility index (Phi) is 2.57. The zero-order valence-corrected chi connectivity index (χ0v) is 11.4. The molecule has 2 saturated heterocycles. The quantitative estimate of drug-likeness (QED) is 0.867. The second-order valence-corrected chi connectivity index (χ2v) is 7.26. The van der Waals surface area contributed by atoms with E-state index in [0.717, 1.165) is 29.4 Å². The third-order valence-corrected chi connectivity index (χ3v) is 5.91. The molecule has 3 nitrogen and oxygen atoms in total. The fourth-order valence-electron chi connectivity index (χ4n) is 3.41. The van der Waals surface area contributed by atoms with Crippen LogP contribution in [0, 0.1) is 0 Å². The molecule has 2 aromatic rings. The number of thioether (sulfide) groups is 1. The lowest BCUT2D eigenvalue weighted by Gasteiger charge is -2.36. The van der Waals surface area contributed by atoms with Crippen molar-refractivity contribution >= 4 is 22.8 Å². The Morgan fingerprint density at radius 1 is 1.05 bits per heavy atom. The lowest BCUT2D eigenvalue weighted by atomic mass is 9.85.